The summed E-state index contributed by atoms with van der Waals surface area (Å²) in [4.78, 5) is 23.8. The van der Waals surface area contributed by atoms with Crippen molar-refractivity contribution >= 4 is 17.3 Å². The molecule has 20 heavy (non-hydrogen) atoms. The molecule has 0 aliphatic carbocycles. The first-order chi connectivity index (χ1) is 9.62. The summed E-state index contributed by atoms with van der Waals surface area (Å²) in [6, 6.07) is 7.97. The lowest BCUT2D eigenvalue weighted by atomic mass is 10.0. The Labute approximate surface area is 121 Å². The van der Waals surface area contributed by atoms with Gasteiger partial charge in [0.1, 0.15) is 0 Å². The minimum absolute atomic E-state index is 0.0861. The molecule has 3 heteroatoms. The molecule has 0 heterocycles. The van der Waals surface area contributed by atoms with E-state index in [4.69, 9.17) is 0 Å². The summed E-state index contributed by atoms with van der Waals surface area (Å²) in [6.07, 6.45) is 4.04. The summed E-state index contributed by atoms with van der Waals surface area (Å²) >= 11 is 0. The van der Waals surface area contributed by atoms with Gasteiger partial charge in [-0.05, 0) is 30.5 Å². The highest BCUT2D eigenvalue weighted by Crippen LogP contribution is 2.12. The van der Waals surface area contributed by atoms with E-state index in [1.165, 1.54) is 5.56 Å². The van der Waals surface area contributed by atoms with Gasteiger partial charge in [-0.1, -0.05) is 32.9 Å². The van der Waals surface area contributed by atoms with Crippen LogP contribution in [0.2, 0.25) is 0 Å². The number of allylic oxidation sites excluding steroid dienone is 1. The summed E-state index contributed by atoms with van der Waals surface area (Å²) in [6.45, 7) is 5.80. The van der Waals surface area contributed by atoms with E-state index in [-0.39, 0.29) is 17.1 Å². The third-order valence-electron chi connectivity index (χ3n) is 3.14. The van der Waals surface area contributed by atoms with Crippen LogP contribution in [0.1, 0.15) is 45.6 Å². The number of rotatable bonds is 8. The maximum absolute atomic E-state index is 11.9. The van der Waals surface area contributed by atoms with E-state index in [0.717, 1.165) is 18.5 Å². The van der Waals surface area contributed by atoms with Crippen molar-refractivity contribution in [2.75, 3.05) is 5.32 Å². The molecule has 0 saturated carbocycles. The number of carbonyl (C=O) groups excluding carboxylic acids is 2. The van der Waals surface area contributed by atoms with E-state index in [0.29, 0.717) is 12.8 Å². The average Bonchev–Trinajstić information content (AvgIpc) is 2.48. The normalized spacial score (nSPS) is 11.2. The van der Waals surface area contributed by atoms with Crippen LogP contribution in [0.15, 0.2) is 36.0 Å². The highest BCUT2D eigenvalue weighted by Gasteiger charge is 2.15. The second kappa shape index (κ2) is 8.31. The fourth-order valence-electron chi connectivity index (χ4n) is 1.86. The summed E-state index contributed by atoms with van der Waals surface area (Å²) in [5.41, 5.74) is 2.41. The van der Waals surface area contributed by atoms with Gasteiger partial charge in [0.2, 0.25) is 0 Å². The summed E-state index contributed by atoms with van der Waals surface area (Å²) < 4.78 is 0. The highest BCUT2D eigenvalue weighted by atomic mass is 16.1. The molecule has 0 radical (unpaired) electrons. The maximum Gasteiger partial charge on any atom is 0.167 e. The van der Waals surface area contributed by atoms with Crippen molar-refractivity contribution in [3.8, 4) is 0 Å². The number of anilines is 1. The Morgan fingerprint density at radius 3 is 2.20 bits per heavy atom. The van der Waals surface area contributed by atoms with Crippen LogP contribution < -0.4 is 5.32 Å². The average molecular weight is 273 g/mol. The van der Waals surface area contributed by atoms with E-state index in [1.54, 1.807) is 13.1 Å². The SMILES string of the molecule is CCCC(=O)/C(=C\Nc1ccc(CC)cc1)C(=O)CC. The number of hydrogen-bond acceptors (Lipinski definition) is 3. The Morgan fingerprint density at radius 2 is 1.70 bits per heavy atom. The Morgan fingerprint density at radius 1 is 1.05 bits per heavy atom. The predicted octanol–water partition coefficient (Wildman–Crippen LogP) is 3.89. The third kappa shape index (κ3) is 4.65. The molecule has 0 unspecified atom stereocenters. The van der Waals surface area contributed by atoms with E-state index in [2.05, 4.69) is 12.2 Å². The molecule has 0 saturated heterocycles. The lowest BCUT2D eigenvalue weighted by Crippen LogP contribution is -2.13. The van der Waals surface area contributed by atoms with Gasteiger partial charge in [-0.15, -0.1) is 0 Å². The van der Waals surface area contributed by atoms with Crippen LogP contribution in [0.25, 0.3) is 0 Å². The minimum atomic E-state index is -0.110. The number of Topliss-reactive ketones (excluding diaryl/α,β-unsaturated/α-hetero) is 2. The lowest BCUT2D eigenvalue weighted by Gasteiger charge is -2.06. The monoisotopic (exact) mass is 273 g/mol. The molecule has 0 aromatic heterocycles. The number of ketones is 2. The van der Waals surface area contributed by atoms with Gasteiger partial charge in [-0.3, -0.25) is 9.59 Å². The second-order valence-corrected chi connectivity index (χ2v) is 4.70. The first-order valence-electron chi connectivity index (χ1n) is 7.24. The van der Waals surface area contributed by atoms with Gasteiger partial charge < -0.3 is 5.32 Å². The highest BCUT2D eigenvalue weighted by molar-refractivity contribution is 6.20. The standard InChI is InChI=1S/C17H23NO2/c1-4-7-17(20)15(16(19)6-3)12-18-14-10-8-13(5-2)9-11-14/h8-12,18H,4-7H2,1-3H3/b15-12-. The Hall–Kier alpha value is -1.90. The van der Waals surface area contributed by atoms with Crippen LogP contribution in [-0.2, 0) is 16.0 Å². The summed E-state index contributed by atoms with van der Waals surface area (Å²) in [5.74, 6) is -0.196. The van der Waals surface area contributed by atoms with Crippen LogP contribution in [0, 0.1) is 0 Å². The summed E-state index contributed by atoms with van der Waals surface area (Å²) in [7, 11) is 0. The van der Waals surface area contributed by atoms with E-state index >= 15 is 0 Å². The molecule has 0 bridgehead atoms. The van der Waals surface area contributed by atoms with Crippen molar-refractivity contribution in [1.29, 1.82) is 0 Å². The molecular formula is C17H23NO2. The van der Waals surface area contributed by atoms with Gasteiger partial charge in [0.15, 0.2) is 11.6 Å². The molecular weight excluding hydrogens is 250 g/mol. The molecule has 3 nitrogen and oxygen atoms in total. The van der Waals surface area contributed by atoms with Gasteiger partial charge >= 0.3 is 0 Å². The summed E-state index contributed by atoms with van der Waals surface area (Å²) in [5, 5.41) is 3.05. The van der Waals surface area contributed by atoms with Crippen molar-refractivity contribution in [1.82, 2.24) is 0 Å². The van der Waals surface area contributed by atoms with E-state index in [1.807, 2.05) is 31.2 Å². The largest absolute Gasteiger partial charge is 0.361 e. The Balaban J connectivity index is 2.84. The third-order valence-corrected chi connectivity index (χ3v) is 3.14. The first kappa shape index (κ1) is 16.2. The quantitative estimate of drug-likeness (QED) is 0.444. The minimum Gasteiger partial charge on any atom is -0.361 e. The van der Waals surface area contributed by atoms with Crippen LogP contribution in [0.3, 0.4) is 0 Å². The first-order valence-corrected chi connectivity index (χ1v) is 7.24. The van der Waals surface area contributed by atoms with Crippen LogP contribution >= 0.6 is 0 Å². The number of aryl methyl sites for hydroxylation is 1. The molecule has 1 aromatic rings. The van der Waals surface area contributed by atoms with E-state index in [9.17, 15) is 9.59 Å². The van der Waals surface area contributed by atoms with Gasteiger partial charge in [0.25, 0.3) is 0 Å². The molecule has 1 aromatic carbocycles. The fourth-order valence-corrected chi connectivity index (χ4v) is 1.86. The van der Waals surface area contributed by atoms with Crippen LogP contribution in [0.5, 0.6) is 0 Å². The molecule has 108 valence electrons. The van der Waals surface area contributed by atoms with Crippen molar-refractivity contribution in [2.24, 2.45) is 0 Å². The molecule has 0 fully saturated rings. The Kier molecular flexibility index (Phi) is 6.71. The second-order valence-electron chi connectivity index (χ2n) is 4.70. The van der Waals surface area contributed by atoms with Gasteiger partial charge in [-0.25, -0.2) is 0 Å². The van der Waals surface area contributed by atoms with E-state index < -0.39 is 0 Å². The zero-order valence-electron chi connectivity index (χ0n) is 12.5. The van der Waals surface area contributed by atoms with Gasteiger partial charge in [0, 0.05) is 24.7 Å². The topological polar surface area (TPSA) is 46.2 Å². The van der Waals surface area contributed by atoms with Crippen molar-refractivity contribution in [2.45, 2.75) is 46.5 Å². The predicted molar refractivity (Wildman–Crippen MR) is 82.7 cm³/mol. The molecule has 0 amide bonds. The van der Waals surface area contributed by atoms with Crippen LogP contribution in [0.4, 0.5) is 5.69 Å². The number of benzene rings is 1. The Bertz CT molecular complexity index is 486. The van der Waals surface area contributed by atoms with Gasteiger partial charge in [0.05, 0.1) is 5.57 Å². The van der Waals surface area contributed by atoms with Crippen molar-refractivity contribution in [3.63, 3.8) is 0 Å². The zero-order valence-corrected chi connectivity index (χ0v) is 12.5. The van der Waals surface area contributed by atoms with Crippen molar-refractivity contribution in [3.05, 3.63) is 41.6 Å². The zero-order chi connectivity index (χ0) is 15.0. The smallest absolute Gasteiger partial charge is 0.167 e. The fraction of sp³-hybridized carbons (Fsp3) is 0.412. The maximum atomic E-state index is 11.9. The number of nitrogens with one attached hydrogen (secondary N) is 1. The van der Waals surface area contributed by atoms with Crippen LogP contribution in [-0.4, -0.2) is 11.6 Å². The number of hydrogen-bond donors (Lipinski definition) is 1. The molecule has 1 rings (SSSR count). The molecule has 0 aliphatic rings. The molecule has 0 aliphatic heterocycles. The van der Waals surface area contributed by atoms with Crippen molar-refractivity contribution < 1.29 is 9.59 Å². The molecule has 0 atom stereocenters. The number of carbonyl (C=O) groups is 2. The lowest BCUT2D eigenvalue weighted by molar-refractivity contribution is -0.121. The molecule has 0 spiro atoms. The van der Waals surface area contributed by atoms with Gasteiger partial charge in [-0.2, -0.15) is 0 Å². The molecule has 1 N–H and O–H groups in total.